The van der Waals surface area contributed by atoms with E-state index in [4.69, 9.17) is 4.74 Å². The Morgan fingerprint density at radius 3 is 2.80 bits per heavy atom. The monoisotopic (exact) mass is 350 g/mol. The molecule has 1 aromatic carbocycles. The molecule has 0 aliphatic carbocycles. The molecule has 0 saturated carbocycles. The van der Waals surface area contributed by atoms with E-state index in [0.717, 1.165) is 15.6 Å². The second kappa shape index (κ2) is 6.12. The first-order valence-electron chi connectivity index (χ1n) is 7.44. The van der Waals surface area contributed by atoms with Crippen LogP contribution in [0.15, 0.2) is 49.4 Å². The van der Waals surface area contributed by atoms with Gasteiger partial charge in [-0.2, -0.15) is 18.3 Å². The summed E-state index contributed by atoms with van der Waals surface area (Å²) >= 11 is 0. The molecule has 0 atom stereocenters. The molecule has 0 spiro atoms. The molecule has 25 heavy (non-hydrogen) atoms. The number of ether oxygens (including phenoxy) is 1. The van der Waals surface area contributed by atoms with Gasteiger partial charge in [0.05, 0.1) is 29.4 Å². The van der Waals surface area contributed by atoms with E-state index < -0.39 is 11.9 Å². The molecule has 0 aliphatic heterocycles. The minimum atomic E-state index is -4.65. The average molecular weight is 350 g/mol. The van der Waals surface area contributed by atoms with Crippen molar-refractivity contribution in [1.29, 1.82) is 0 Å². The molecule has 130 valence electrons. The summed E-state index contributed by atoms with van der Waals surface area (Å²) in [6.07, 6.45) is -0.827. The number of hydrogen-bond acceptors (Lipinski definition) is 3. The van der Waals surface area contributed by atoms with E-state index >= 15 is 0 Å². The zero-order valence-corrected chi connectivity index (χ0v) is 13.3. The molecule has 2 aromatic heterocycles. The predicted molar refractivity (Wildman–Crippen MR) is 84.1 cm³/mol. The zero-order chi connectivity index (χ0) is 18.2. The number of fused-ring (bicyclic) bond motifs is 1. The van der Waals surface area contributed by atoms with Gasteiger partial charge in [-0.25, -0.2) is 4.68 Å². The quantitative estimate of drug-likeness (QED) is 0.445. The summed E-state index contributed by atoms with van der Waals surface area (Å²) in [5.74, 6) is -0.0884. The van der Waals surface area contributed by atoms with Crippen molar-refractivity contribution in [2.75, 3.05) is 6.61 Å². The lowest BCUT2D eigenvalue weighted by atomic mass is 10.1. The topological polar surface area (TPSA) is 51.2 Å². The van der Waals surface area contributed by atoms with Crippen molar-refractivity contribution < 1.29 is 27.8 Å². The van der Waals surface area contributed by atoms with Crippen LogP contribution >= 0.6 is 0 Å². The SMILES string of the molecule is C=C(OCC)c1cnn(-c2cccc3c[n+](O)ccc23)c1C(F)(F)F. The fourth-order valence-electron chi connectivity index (χ4n) is 2.65. The van der Waals surface area contributed by atoms with Gasteiger partial charge in [-0.1, -0.05) is 12.6 Å². The van der Waals surface area contributed by atoms with E-state index in [1.807, 2.05) is 0 Å². The van der Waals surface area contributed by atoms with E-state index in [1.165, 1.54) is 24.5 Å². The number of benzene rings is 1. The summed E-state index contributed by atoms with van der Waals surface area (Å²) in [4.78, 5) is 0. The number of hydrogen-bond donors (Lipinski definition) is 1. The molecule has 8 heteroatoms. The zero-order valence-electron chi connectivity index (χ0n) is 13.3. The first kappa shape index (κ1) is 16.8. The van der Waals surface area contributed by atoms with Crippen molar-refractivity contribution in [2.24, 2.45) is 0 Å². The molecule has 3 aromatic rings. The van der Waals surface area contributed by atoms with Crippen LogP contribution < -0.4 is 4.73 Å². The fraction of sp³-hybridized carbons (Fsp3) is 0.176. The van der Waals surface area contributed by atoms with Gasteiger partial charge in [0.2, 0.25) is 12.4 Å². The molecule has 3 rings (SSSR count). The Labute approximate surface area is 141 Å². The number of rotatable bonds is 4. The van der Waals surface area contributed by atoms with E-state index in [9.17, 15) is 18.4 Å². The Bertz CT molecular complexity index is 948. The molecule has 2 heterocycles. The third-order valence-electron chi connectivity index (χ3n) is 3.67. The minimum absolute atomic E-state index is 0.0884. The molecule has 0 amide bonds. The normalized spacial score (nSPS) is 11.7. The average Bonchev–Trinajstić information content (AvgIpc) is 2.99. The summed E-state index contributed by atoms with van der Waals surface area (Å²) in [6, 6.07) is 6.32. The van der Waals surface area contributed by atoms with Crippen LogP contribution in [0, 0.1) is 0 Å². The van der Waals surface area contributed by atoms with Gasteiger partial charge >= 0.3 is 6.18 Å². The van der Waals surface area contributed by atoms with Crippen LogP contribution in [0.4, 0.5) is 13.2 Å². The smallest absolute Gasteiger partial charge is 0.434 e. The maximum absolute atomic E-state index is 13.7. The Kier molecular flexibility index (Phi) is 4.12. The van der Waals surface area contributed by atoms with Crippen LogP contribution in [0.3, 0.4) is 0 Å². The van der Waals surface area contributed by atoms with Gasteiger partial charge < -0.3 is 4.74 Å². The lowest BCUT2D eigenvalue weighted by Gasteiger charge is -2.15. The number of alkyl halides is 3. The predicted octanol–water partition coefficient (Wildman–Crippen LogP) is 3.58. The molecule has 0 fully saturated rings. The van der Waals surface area contributed by atoms with E-state index in [2.05, 4.69) is 11.7 Å². The van der Waals surface area contributed by atoms with Crippen LogP contribution in [0.5, 0.6) is 0 Å². The van der Waals surface area contributed by atoms with Crippen LogP contribution in [-0.2, 0) is 10.9 Å². The number of halogens is 3. The molecule has 0 aliphatic rings. The van der Waals surface area contributed by atoms with Crippen molar-refractivity contribution in [3.63, 3.8) is 0 Å². The summed E-state index contributed by atoms with van der Waals surface area (Å²) in [7, 11) is 0. The Balaban J connectivity index is 2.27. The summed E-state index contributed by atoms with van der Waals surface area (Å²) in [6.45, 7) is 5.42. The molecular weight excluding hydrogens is 335 g/mol. The highest BCUT2D eigenvalue weighted by molar-refractivity contribution is 5.89. The van der Waals surface area contributed by atoms with Crippen molar-refractivity contribution in [1.82, 2.24) is 9.78 Å². The van der Waals surface area contributed by atoms with Gasteiger partial charge in [-0.05, 0) is 19.1 Å². The molecule has 5 nitrogen and oxygen atoms in total. The van der Waals surface area contributed by atoms with E-state index in [1.54, 1.807) is 19.1 Å². The van der Waals surface area contributed by atoms with Gasteiger partial charge in [0, 0.05) is 16.2 Å². The second-order valence-electron chi connectivity index (χ2n) is 5.28. The Morgan fingerprint density at radius 2 is 2.12 bits per heavy atom. The third kappa shape index (κ3) is 3.02. The van der Waals surface area contributed by atoms with E-state index in [0.29, 0.717) is 10.8 Å². The maximum Gasteiger partial charge on any atom is 0.434 e. The largest absolute Gasteiger partial charge is 0.494 e. The van der Waals surface area contributed by atoms with Crippen molar-refractivity contribution in [3.05, 3.63) is 60.7 Å². The highest BCUT2D eigenvalue weighted by atomic mass is 19.4. The second-order valence-corrected chi connectivity index (χ2v) is 5.28. The van der Waals surface area contributed by atoms with Gasteiger partial charge in [0.25, 0.3) is 0 Å². The number of pyridine rings is 1. The Morgan fingerprint density at radius 1 is 1.36 bits per heavy atom. The molecular formula is C17H15F3N3O2+. The van der Waals surface area contributed by atoms with E-state index in [-0.39, 0.29) is 23.6 Å². The fourth-order valence-corrected chi connectivity index (χ4v) is 2.65. The standard InChI is InChI=1S/C17H15F3N3O2/c1-3-25-11(2)14-9-21-23(16(14)17(18,19)20)15-6-4-5-12-10-22(24)8-7-13(12)15/h4-10,24H,2-3H2,1H3/q+1. The van der Waals surface area contributed by atoms with Crippen LogP contribution in [0.1, 0.15) is 18.2 Å². The van der Waals surface area contributed by atoms with Gasteiger partial charge in [0.15, 0.2) is 5.69 Å². The molecule has 0 saturated heterocycles. The van der Waals surface area contributed by atoms with Gasteiger partial charge in [0.1, 0.15) is 5.76 Å². The highest BCUT2D eigenvalue weighted by Crippen LogP contribution is 2.37. The van der Waals surface area contributed by atoms with Crippen LogP contribution in [0.25, 0.3) is 22.2 Å². The third-order valence-corrected chi connectivity index (χ3v) is 3.67. The summed E-state index contributed by atoms with van der Waals surface area (Å²) in [5, 5.41) is 14.5. The van der Waals surface area contributed by atoms with Gasteiger partial charge in [-0.15, -0.1) is 0 Å². The highest BCUT2D eigenvalue weighted by Gasteiger charge is 2.40. The lowest BCUT2D eigenvalue weighted by Crippen LogP contribution is -2.28. The van der Waals surface area contributed by atoms with Gasteiger partial charge in [-0.3, -0.25) is 5.21 Å². The first-order chi connectivity index (χ1) is 11.8. The summed E-state index contributed by atoms with van der Waals surface area (Å²) < 4.78 is 47.9. The molecule has 1 N–H and O–H groups in total. The van der Waals surface area contributed by atoms with Crippen molar-refractivity contribution >= 4 is 16.5 Å². The first-order valence-corrected chi connectivity index (χ1v) is 7.44. The van der Waals surface area contributed by atoms with Crippen molar-refractivity contribution in [3.8, 4) is 5.69 Å². The minimum Gasteiger partial charge on any atom is -0.494 e. The van der Waals surface area contributed by atoms with Crippen LogP contribution in [0.2, 0.25) is 0 Å². The lowest BCUT2D eigenvalue weighted by molar-refractivity contribution is -0.903. The molecule has 0 unspecified atom stereocenters. The molecule has 0 radical (unpaired) electrons. The Hall–Kier alpha value is -3.03. The van der Waals surface area contributed by atoms with Crippen molar-refractivity contribution in [2.45, 2.75) is 13.1 Å². The summed E-state index contributed by atoms with van der Waals surface area (Å²) in [5.41, 5.74) is -0.931. The van der Waals surface area contributed by atoms with Crippen LogP contribution in [-0.4, -0.2) is 21.6 Å². The maximum atomic E-state index is 13.7. The number of aromatic nitrogens is 3. The molecule has 0 bridgehead atoms. The number of nitrogens with zero attached hydrogens (tertiary/aromatic N) is 3.